The molecule has 3 aliphatic heterocycles. The molecule has 0 radical (unpaired) electrons. The largest absolute Gasteiger partial charge is 0.494 e. The summed E-state index contributed by atoms with van der Waals surface area (Å²) in [5.74, 6) is 0.389. The first-order valence-electron chi connectivity index (χ1n) is 11.9. The van der Waals surface area contributed by atoms with E-state index >= 15 is 0 Å². The number of hydrogen-bond donors (Lipinski definition) is 0. The van der Waals surface area contributed by atoms with Gasteiger partial charge in [0, 0.05) is 13.1 Å². The van der Waals surface area contributed by atoms with Gasteiger partial charge in [-0.15, -0.1) is 0 Å². The Labute approximate surface area is 199 Å². The van der Waals surface area contributed by atoms with Crippen molar-refractivity contribution in [3.8, 4) is 5.75 Å². The minimum atomic E-state index is -1.03. The van der Waals surface area contributed by atoms with Crippen LogP contribution in [0.5, 0.6) is 5.75 Å². The van der Waals surface area contributed by atoms with Gasteiger partial charge < -0.3 is 4.74 Å². The van der Waals surface area contributed by atoms with Crippen molar-refractivity contribution in [2.45, 2.75) is 30.8 Å². The number of benzene rings is 3. The number of nitrogens with zero attached hydrogens (tertiary/aromatic N) is 3. The van der Waals surface area contributed by atoms with E-state index in [4.69, 9.17) is 4.74 Å². The Kier molecular flexibility index (Phi) is 5.01. The zero-order valence-corrected chi connectivity index (χ0v) is 19.1. The Hall–Kier alpha value is -3.48. The van der Waals surface area contributed by atoms with Crippen molar-refractivity contribution in [3.63, 3.8) is 0 Å². The first-order valence-corrected chi connectivity index (χ1v) is 11.9. The molecule has 6 nitrogen and oxygen atoms in total. The van der Waals surface area contributed by atoms with Gasteiger partial charge in [0.25, 0.3) is 5.91 Å². The predicted octanol–water partition coefficient (Wildman–Crippen LogP) is 3.94. The molecule has 0 N–H and O–H groups in total. The summed E-state index contributed by atoms with van der Waals surface area (Å²) in [5, 5.41) is 4.41. The lowest BCUT2D eigenvalue weighted by atomic mass is 9.68. The monoisotopic (exact) mass is 453 g/mol. The van der Waals surface area contributed by atoms with Crippen LogP contribution in [0.15, 0.2) is 84.9 Å². The van der Waals surface area contributed by atoms with Gasteiger partial charge in [-0.1, -0.05) is 60.7 Å². The van der Waals surface area contributed by atoms with Crippen molar-refractivity contribution in [1.29, 1.82) is 0 Å². The highest BCUT2D eigenvalue weighted by atomic mass is 16.5. The Bertz CT molecular complexity index is 1210. The second-order valence-electron chi connectivity index (χ2n) is 9.04. The summed E-state index contributed by atoms with van der Waals surface area (Å²) in [6.45, 7) is 4.08. The first kappa shape index (κ1) is 21.1. The molecular weight excluding hydrogens is 426 g/mol. The van der Waals surface area contributed by atoms with Gasteiger partial charge in [-0.05, 0) is 48.7 Å². The molecule has 0 aliphatic carbocycles. The average Bonchev–Trinajstić information content (AvgIpc) is 3.50. The molecule has 0 aromatic heterocycles. The lowest BCUT2D eigenvalue weighted by Gasteiger charge is -2.35. The molecule has 0 saturated carbocycles. The zero-order valence-electron chi connectivity index (χ0n) is 19.1. The third-order valence-electron chi connectivity index (χ3n) is 7.35. The number of hydrazine groups is 1. The van der Waals surface area contributed by atoms with Crippen molar-refractivity contribution in [3.05, 3.63) is 96.1 Å². The quantitative estimate of drug-likeness (QED) is 0.548. The summed E-state index contributed by atoms with van der Waals surface area (Å²) >= 11 is 0. The summed E-state index contributed by atoms with van der Waals surface area (Å²) in [7, 11) is 0. The number of imide groups is 1. The molecule has 6 rings (SSSR count). The summed E-state index contributed by atoms with van der Waals surface area (Å²) in [6, 6.07) is 26.4. The number of ether oxygens (including phenoxy) is 1. The van der Waals surface area contributed by atoms with E-state index in [0.717, 1.165) is 36.4 Å². The third-order valence-corrected chi connectivity index (χ3v) is 7.35. The van der Waals surface area contributed by atoms with Crippen LogP contribution in [-0.4, -0.2) is 47.6 Å². The molecule has 3 fully saturated rings. The lowest BCUT2D eigenvalue weighted by Crippen LogP contribution is -2.47. The average molecular weight is 454 g/mol. The van der Waals surface area contributed by atoms with Crippen LogP contribution in [0, 0.1) is 0 Å². The van der Waals surface area contributed by atoms with Crippen molar-refractivity contribution >= 4 is 17.5 Å². The Balaban J connectivity index is 1.55. The summed E-state index contributed by atoms with van der Waals surface area (Å²) in [5.41, 5.74) is 1.49. The number of fused-ring (bicyclic) bond motifs is 3. The van der Waals surface area contributed by atoms with Gasteiger partial charge in [0.15, 0.2) is 0 Å². The minimum Gasteiger partial charge on any atom is -0.494 e. The number of carbonyl (C=O) groups is 2. The van der Waals surface area contributed by atoms with Crippen LogP contribution in [-0.2, 0) is 15.0 Å². The fourth-order valence-electron chi connectivity index (χ4n) is 6.12. The van der Waals surface area contributed by atoms with Crippen molar-refractivity contribution in [1.82, 2.24) is 10.0 Å². The summed E-state index contributed by atoms with van der Waals surface area (Å²) < 4.78 is 5.57. The molecule has 3 heterocycles. The van der Waals surface area contributed by atoms with E-state index in [0.29, 0.717) is 12.3 Å². The Morgan fingerprint density at radius 1 is 0.824 bits per heavy atom. The van der Waals surface area contributed by atoms with Crippen LogP contribution in [0.1, 0.15) is 30.5 Å². The zero-order chi connectivity index (χ0) is 23.3. The molecule has 0 spiro atoms. The first-order chi connectivity index (χ1) is 16.7. The molecule has 172 valence electrons. The van der Waals surface area contributed by atoms with E-state index in [2.05, 4.69) is 22.2 Å². The van der Waals surface area contributed by atoms with Crippen LogP contribution >= 0.6 is 0 Å². The Morgan fingerprint density at radius 3 is 2.09 bits per heavy atom. The summed E-state index contributed by atoms with van der Waals surface area (Å²) in [4.78, 5) is 30.1. The molecule has 34 heavy (non-hydrogen) atoms. The molecule has 3 saturated heterocycles. The van der Waals surface area contributed by atoms with Gasteiger partial charge in [-0.2, -0.15) is 0 Å². The standard InChI is InChI=1S/C28H27N3O3/c1-2-34-23-16-14-22(15-17-23)31-26(32)25-28(27(31)33,21-12-7-4-8-13-21)24(20-10-5-3-6-11-20)29-18-9-19-30(25)29/h3-8,10-17,24-25H,2,9,18-19H2,1H3. The Morgan fingerprint density at radius 2 is 1.44 bits per heavy atom. The maximum absolute atomic E-state index is 14.6. The highest BCUT2D eigenvalue weighted by Crippen LogP contribution is 2.58. The van der Waals surface area contributed by atoms with E-state index < -0.39 is 11.5 Å². The molecule has 3 atom stereocenters. The maximum atomic E-state index is 14.6. The third kappa shape index (κ3) is 2.82. The normalized spacial score (nSPS) is 26.7. The molecule has 0 bridgehead atoms. The topological polar surface area (TPSA) is 53.1 Å². The van der Waals surface area contributed by atoms with E-state index in [1.165, 1.54) is 4.90 Å². The lowest BCUT2D eigenvalue weighted by molar-refractivity contribution is -0.126. The second kappa shape index (κ2) is 8.08. The van der Waals surface area contributed by atoms with Gasteiger partial charge in [0.2, 0.25) is 5.91 Å². The van der Waals surface area contributed by atoms with Crippen LogP contribution in [0.4, 0.5) is 5.69 Å². The fourth-order valence-corrected chi connectivity index (χ4v) is 6.12. The predicted molar refractivity (Wildman–Crippen MR) is 129 cm³/mol. The van der Waals surface area contributed by atoms with E-state index in [1.54, 1.807) is 12.1 Å². The van der Waals surface area contributed by atoms with Gasteiger partial charge in [-0.25, -0.2) is 14.9 Å². The molecular formula is C28H27N3O3. The maximum Gasteiger partial charge on any atom is 0.254 e. The molecule has 6 heteroatoms. The highest BCUT2D eigenvalue weighted by Gasteiger charge is 2.73. The number of anilines is 1. The van der Waals surface area contributed by atoms with Crippen LogP contribution in [0.2, 0.25) is 0 Å². The number of carbonyl (C=O) groups excluding carboxylic acids is 2. The van der Waals surface area contributed by atoms with Crippen LogP contribution < -0.4 is 9.64 Å². The number of hydrogen-bond acceptors (Lipinski definition) is 5. The molecule has 3 unspecified atom stereocenters. The fraction of sp³-hybridized carbons (Fsp3) is 0.286. The number of rotatable bonds is 5. The van der Waals surface area contributed by atoms with Crippen molar-refractivity contribution in [2.75, 3.05) is 24.6 Å². The molecule has 3 aromatic carbocycles. The smallest absolute Gasteiger partial charge is 0.254 e. The molecule has 2 amide bonds. The van der Waals surface area contributed by atoms with Crippen LogP contribution in [0.25, 0.3) is 0 Å². The minimum absolute atomic E-state index is 0.164. The highest BCUT2D eigenvalue weighted by molar-refractivity contribution is 6.28. The van der Waals surface area contributed by atoms with E-state index in [1.807, 2.05) is 67.6 Å². The van der Waals surface area contributed by atoms with E-state index in [-0.39, 0.29) is 17.9 Å². The van der Waals surface area contributed by atoms with Gasteiger partial charge in [0.05, 0.1) is 18.3 Å². The summed E-state index contributed by atoms with van der Waals surface area (Å²) in [6.07, 6.45) is 0.967. The van der Waals surface area contributed by atoms with Crippen LogP contribution in [0.3, 0.4) is 0 Å². The van der Waals surface area contributed by atoms with Gasteiger partial charge in [-0.3, -0.25) is 9.59 Å². The van der Waals surface area contributed by atoms with Crippen molar-refractivity contribution < 1.29 is 14.3 Å². The molecule has 3 aromatic rings. The number of amides is 2. The molecule has 3 aliphatic rings. The van der Waals surface area contributed by atoms with E-state index in [9.17, 15) is 9.59 Å². The van der Waals surface area contributed by atoms with Gasteiger partial charge >= 0.3 is 0 Å². The second-order valence-corrected chi connectivity index (χ2v) is 9.04. The van der Waals surface area contributed by atoms with Gasteiger partial charge in [0.1, 0.15) is 17.2 Å². The van der Waals surface area contributed by atoms with Crippen molar-refractivity contribution in [2.24, 2.45) is 0 Å². The SMILES string of the molecule is CCOc1ccc(N2C(=O)C3N4CCCN4C(c4ccccc4)C3(c3ccccc3)C2=O)cc1.